The van der Waals surface area contributed by atoms with Crippen molar-refractivity contribution in [1.82, 2.24) is 39.3 Å². The number of nitrogens with zero attached hydrogens (tertiary/aromatic N) is 7. The fourth-order valence-corrected chi connectivity index (χ4v) is 10.6. The van der Waals surface area contributed by atoms with Crippen molar-refractivity contribution in [3.63, 3.8) is 0 Å². The molecular formula is C57H68Cl2N8. The molecule has 1 N–H and O–H groups in total. The second-order valence-electron chi connectivity index (χ2n) is 19.2. The van der Waals surface area contributed by atoms with Crippen molar-refractivity contribution < 1.29 is 0 Å². The maximum Gasteiger partial charge on any atom is 0.0953 e. The number of benzene rings is 2. The van der Waals surface area contributed by atoms with E-state index < -0.39 is 0 Å². The Kier molecular flexibility index (Phi) is 15.7. The predicted octanol–water partition coefficient (Wildman–Crippen LogP) is 13.4. The summed E-state index contributed by atoms with van der Waals surface area (Å²) in [5, 5.41) is 5.05. The molecule has 2 fully saturated rings. The lowest BCUT2D eigenvalue weighted by atomic mass is 9.76. The van der Waals surface area contributed by atoms with Gasteiger partial charge < -0.3 is 19.4 Å². The van der Waals surface area contributed by atoms with Crippen LogP contribution in [0.3, 0.4) is 0 Å². The van der Waals surface area contributed by atoms with E-state index in [0.29, 0.717) is 11.8 Å². The second-order valence-corrected chi connectivity index (χ2v) is 20.1. The number of imidazole rings is 2. The van der Waals surface area contributed by atoms with E-state index in [0.717, 1.165) is 49.1 Å². The lowest BCUT2D eigenvalue weighted by Gasteiger charge is -2.35. The Bertz CT molecular complexity index is 2710. The number of hydrogen-bond donors (Lipinski definition) is 1. The molecule has 10 heteroatoms. The molecule has 4 aromatic heterocycles. The summed E-state index contributed by atoms with van der Waals surface area (Å²) in [5.74, 6) is 1.66. The van der Waals surface area contributed by atoms with Gasteiger partial charge in [0.05, 0.1) is 35.1 Å². The molecule has 0 spiro atoms. The van der Waals surface area contributed by atoms with Crippen LogP contribution in [-0.2, 0) is 11.1 Å². The quantitative estimate of drug-likeness (QED) is 0.164. The first-order valence-electron chi connectivity index (χ1n) is 23.1. The molecular weight excluding hydrogens is 868 g/mol. The number of fused-ring (bicyclic) bond motifs is 4. The van der Waals surface area contributed by atoms with Gasteiger partial charge in [-0.25, -0.2) is 9.97 Å². The molecule has 2 aliphatic heterocycles. The Hall–Kier alpha value is -5.38. The van der Waals surface area contributed by atoms with Gasteiger partial charge in [0.2, 0.25) is 0 Å². The third kappa shape index (κ3) is 10.8. The predicted molar refractivity (Wildman–Crippen MR) is 281 cm³/mol. The highest BCUT2D eigenvalue weighted by Crippen LogP contribution is 2.46. The summed E-state index contributed by atoms with van der Waals surface area (Å²) in [5.41, 5.74) is 11.8. The first-order chi connectivity index (χ1) is 31.4. The molecule has 2 aliphatic carbocycles. The SMILES string of the molecule is C.C.CC(C)(/C=C/C1=Cc2cc(Cl)ccc2C(C2CCNCC2)c2ncccc21)n1ccnc1.CN1CCC(C2c3ccc(Cl)cc3C=C(/C=C/C(C)(C)n3ccnc3)c3cccnc32)CC1. The summed E-state index contributed by atoms with van der Waals surface area (Å²) in [6.07, 6.45) is 33.5. The van der Waals surface area contributed by atoms with Crippen LogP contribution in [0.5, 0.6) is 0 Å². The van der Waals surface area contributed by atoms with Gasteiger partial charge in [-0.2, -0.15) is 0 Å². The normalized spacial score (nSPS) is 19.0. The van der Waals surface area contributed by atoms with Gasteiger partial charge >= 0.3 is 0 Å². The van der Waals surface area contributed by atoms with E-state index >= 15 is 0 Å². The Labute approximate surface area is 409 Å². The number of piperidine rings is 2. The van der Waals surface area contributed by atoms with Gasteiger partial charge in [0.25, 0.3) is 0 Å². The van der Waals surface area contributed by atoms with E-state index in [1.54, 1.807) is 0 Å². The van der Waals surface area contributed by atoms with Crippen LogP contribution in [-0.4, -0.2) is 67.2 Å². The van der Waals surface area contributed by atoms with E-state index in [2.05, 4.69) is 143 Å². The van der Waals surface area contributed by atoms with Gasteiger partial charge in [0.15, 0.2) is 0 Å². The average Bonchev–Trinajstić information content (AvgIpc) is 4.04. The van der Waals surface area contributed by atoms with Crippen LogP contribution in [0.4, 0.5) is 0 Å². The van der Waals surface area contributed by atoms with Crippen molar-refractivity contribution in [3.05, 3.63) is 190 Å². The van der Waals surface area contributed by atoms with Gasteiger partial charge in [-0.05, 0) is 180 Å². The minimum atomic E-state index is -0.198. The number of hydrogen-bond acceptors (Lipinski definition) is 6. The number of likely N-dealkylation sites (tertiary alicyclic amines) is 1. The smallest absolute Gasteiger partial charge is 0.0953 e. The highest BCUT2D eigenvalue weighted by Gasteiger charge is 2.35. The van der Waals surface area contributed by atoms with Crippen LogP contribution in [0.25, 0.3) is 23.3 Å². The van der Waals surface area contributed by atoms with E-state index in [-0.39, 0.29) is 37.8 Å². The molecule has 6 aromatic rings. The lowest BCUT2D eigenvalue weighted by Crippen LogP contribution is -2.33. The highest BCUT2D eigenvalue weighted by molar-refractivity contribution is 6.31. The van der Waals surface area contributed by atoms with Crippen molar-refractivity contribution in [2.24, 2.45) is 11.8 Å². The third-order valence-electron chi connectivity index (χ3n) is 14.0. The van der Waals surface area contributed by atoms with Crippen LogP contribution in [0.2, 0.25) is 10.0 Å². The van der Waals surface area contributed by atoms with Crippen molar-refractivity contribution in [3.8, 4) is 0 Å². The number of rotatable bonds is 8. The average molecular weight is 936 g/mol. The summed E-state index contributed by atoms with van der Waals surface area (Å²) in [6, 6.07) is 21.2. The molecule has 67 heavy (non-hydrogen) atoms. The molecule has 8 nitrogen and oxygen atoms in total. The molecule has 2 saturated heterocycles. The van der Waals surface area contributed by atoms with Crippen LogP contribution in [0.1, 0.15) is 125 Å². The highest BCUT2D eigenvalue weighted by atomic mass is 35.5. The minimum absolute atomic E-state index is 0. The van der Waals surface area contributed by atoms with Gasteiger partial charge in [-0.15, -0.1) is 0 Å². The van der Waals surface area contributed by atoms with Crippen molar-refractivity contribution in [2.45, 2.75) is 91.1 Å². The van der Waals surface area contributed by atoms with Gasteiger partial charge in [-0.1, -0.05) is 86.6 Å². The molecule has 10 rings (SSSR count). The maximum absolute atomic E-state index is 6.48. The topological polar surface area (TPSA) is 76.7 Å². The second kappa shape index (κ2) is 21.3. The molecule has 4 aliphatic rings. The summed E-state index contributed by atoms with van der Waals surface area (Å²) in [4.78, 5) is 20.8. The van der Waals surface area contributed by atoms with Gasteiger partial charge in [0, 0.05) is 70.2 Å². The first-order valence-corrected chi connectivity index (χ1v) is 23.9. The molecule has 2 unspecified atom stereocenters. The summed E-state index contributed by atoms with van der Waals surface area (Å²) < 4.78 is 4.24. The molecule has 0 amide bonds. The van der Waals surface area contributed by atoms with E-state index in [1.807, 2.05) is 68.0 Å². The number of pyridine rings is 2. The Morgan fingerprint density at radius 1 is 0.612 bits per heavy atom. The Morgan fingerprint density at radius 3 is 1.49 bits per heavy atom. The first kappa shape index (κ1) is 49.5. The zero-order chi connectivity index (χ0) is 45.1. The zero-order valence-electron chi connectivity index (χ0n) is 38.2. The van der Waals surface area contributed by atoms with Crippen LogP contribution < -0.4 is 5.32 Å². The molecule has 0 bridgehead atoms. The fourth-order valence-electron chi connectivity index (χ4n) is 10.2. The van der Waals surface area contributed by atoms with E-state index in [9.17, 15) is 0 Å². The van der Waals surface area contributed by atoms with Crippen LogP contribution in [0, 0.1) is 11.8 Å². The van der Waals surface area contributed by atoms with Crippen molar-refractivity contribution in [1.29, 1.82) is 0 Å². The number of nitrogens with one attached hydrogen (secondary N) is 1. The lowest BCUT2D eigenvalue weighted by molar-refractivity contribution is 0.206. The monoisotopic (exact) mass is 934 g/mol. The van der Waals surface area contributed by atoms with Crippen molar-refractivity contribution in [2.75, 3.05) is 33.2 Å². The number of aromatic nitrogens is 6. The van der Waals surface area contributed by atoms with Crippen LogP contribution in [0.15, 0.2) is 135 Å². The standard InChI is InChI=1S/C28H31ClN4.C27H29ClN4.2CH4/c1-28(2,33-16-13-30-19-33)11-8-21-17-22-18-23(29)6-7-24(22)26(20-9-14-32(3)15-10-20)27-25(21)5-4-12-31-27;1-27(2,32-15-14-30-18-32)10-7-20-16-21-17-22(28)5-6-23(21)25(19-8-12-29-13-9-19)26-24(20)4-3-11-31-26;;/h4-8,11-13,16-20,26H,9-10,14-15H2,1-3H3;3-7,10-11,14-19,25,29H,8-9,12-13H2,1-2H3;2*1H4/b11-8+;10-7+;;. The molecule has 2 atom stereocenters. The zero-order valence-corrected chi connectivity index (χ0v) is 39.7. The molecule has 6 heterocycles. The van der Waals surface area contributed by atoms with Crippen LogP contribution >= 0.6 is 23.2 Å². The largest absolute Gasteiger partial charge is 0.328 e. The summed E-state index contributed by atoms with van der Waals surface area (Å²) in [7, 11) is 2.22. The molecule has 0 radical (unpaired) electrons. The number of allylic oxidation sites excluding steroid dienone is 6. The van der Waals surface area contributed by atoms with Gasteiger partial charge in [0.1, 0.15) is 0 Å². The summed E-state index contributed by atoms with van der Waals surface area (Å²) in [6.45, 7) is 13.1. The molecule has 2 aromatic carbocycles. The van der Waals surface area contributed by atoms with Gasteiger partial charge in [-0.3, -0.25) is 9.97 Å². The fraction of sp³-hybridized carbons (Fsp3) is 0.368. The van der Waals surface area contributed by atoms with Crippen molar-refractivity contribution >= 4 is 46.5 Å². The number of halogens is 2. The maximum atomic E-state index is 6.48. The Balaban J connectivity index is 0.000000193. The molecule has 350 valence electrons. The van der Waals surface area contributed by atoms with E-state index in [1.165, 1.54) is 68.8 Å². The minimum Gasteiger partial charge on any atom is -0.328 e. The molecule has 0 saturated carbocycles. The Morgan fingerprint density at radius 2 is 1.06 bits per heavy atom. The summed E-state index contributed by atoms with van der Waals surface area (Å²) >= 11 is 12.9. The van der Waals surface area contributed by atoms with E-state index in [4.69, 9.17) is 33.2 Å². The third-order valence-corrected chi connectivity index (χ3v) is 14.5.